The van der Waals surface area contributed by atoms with Gasteiger partial charge in [0.2, 0.25) is 5.91 Å². The van der Waals surface area contributed by atoms with Crippen LogP contribution >= 0.6 is 11.3 Å². The molecule has 0 fully saturated rings. The highest BCUT2D eigenvalue weighted by Gasteiger charge is 2.24. The molecule has 0 saturated heterocycles. The molecule has 2 aromatic carbocycles. The number of thiazole rings is 1. The first-order valence-electron chi connectivity index (χ1n) is 10.9. The number of para-hydroxylation sites is 1. The number of aryl methyl sites for hydroxylation is 2. The van der Waals surface area contributed by atoms with Gasteiger partial charge in [-0.25, -0.2) is 9.67 Å². The van der Waals surface area contributed by atoms with Crippen molar-refractivity contribution in [1.82, 2.24) is 19.3 Å². The van der Waals surface area contributed by atoms with Crippen LogP contribution in [0.1, 0.15) is 24.2 Å². The highest BCUT2D eigenvalue weighted by atomic mass is 32.1. The third-order valence-corrected chi connectivity index (χ3v) is 6.57. The number of hydrogen-bond acceptors (Lipinski definition) is 5. The summed E-state index contributed by atoms with van der Waals surface area (Å²) in [5.74, 6) is -0.320. The highest BCUT2D eigenvalue weighted by Crippen LogP contribution is 2.28. The Morgan fingerprint density at radius 2 is 1.71 bits per heavy atom. The Hall–Kier alpha value is -4.04. The number of nitrogens with zero attached hydrogens (tertiary/aromatic N) is 4. The molecule has 3 aromatic heterocycles. The van der Waals surface area contributed by atoms with Gasteiger partial charge in [-0.05, 0) is 38.5 Å². The fourth-order valence-electron chi connectivity index (χ4n) is 4.15. The van der Waals surface area contributed by atoms with Gasteiger partial charge < -0.3 is 5.32 Å². The summed E-state index contributed by atoms with van der Waals surface area (Å²) in [5, 5.41) is 10.8. The zero-order chi connectivity index (χ0) is 23.8. The van der Waals surface area contributed by atoms with E-state index in [1.165, 1.54) is 15.9 Å². The molecule has 1 N–H and O–H groups in total. The SMILES string of the molecule is Cc1cc(=O)n(C(C)C(=O)Nc2nc(-c3ccccc3)cs2)c2c1c(C)nn2-c1ccccc1. The second kappa shape index (κ2) is 8.72. The number of carbonyl (C=O) groups excluding carboxylic acids is 1. The third-order valence-electron chi connectivity index (χ3n) is 5.81. The van der Waals surface area contributed by atoms with E-state index in [4.69, 9.17) is 5.10 Å². The van der Waals surface area contributed by atoms with Gasteiger partial charge in [-0.1, -0.05) is 48.5 Å². The molecule has 34 heavy (non-hydrogen) atoms. The lowest BCUT2D eigenvalue weighted by molar-refractivity contribution is -0.118. The van der Waals surface area contributed by atoms with Gasteiger partial charge in [0.05, 0.1) is 17.1 Å². The number of carbonyl (C=O) groups is 1. The predicted octanol–water partition coefficient (Wildman–Crippen LogP) is 5.13. The van der Waals surface area contributed by atoms with Crippen molar-refractivity contribution >= 4 is 33.4 Å². The Bertz CT molecular complexity index is 1550. The average molecular weight is 470 g/mol. The van der Waals surface area contributed by atoms with Crippen molar-refractivity contribution < 1.29 is 4.79 Å². The lowest BCUT2D eigenvalue weighted by Gasteiger charge is -2.18. The van der Waals surface area contributed by atoms with E-state index >= 15 is 0 Å². The van der Waals surface area contributed by atoms with Crippen molar-refractivity contribution in [1.29, 1.82) is 0 Å². The largest absolute Gasteiger partial charge is 0.300 e. The molecule has 1 amide bonds. The summed E-state index contributed by atoms with van der Waals surface area (Å²) in [6.45, 7) is 5.52. The minimum Gasteiger partial charge on any atom is -0.300 e. The third kappa shape index (κ3) is 3.82. The molecule has 0 spiro atoms. The molecular formula is C26H23N5O2S. The molecule has 0 saturated carbocycles. The molecule has 0 aliphatic carbocycles. The normalized spacial score (nSPS) is 12.1. The van der Waals surface area contributed by atoms with Crippen LogP contribution in [-0.4, -0.2) is 25.2 Å². The van der Waals surface area contributed by atoms with E-state index in [2.05, 4.69) is 10.3 Å². The van der Waals surface area contributed by atoms with E-state index < -0.39 is 6.04 Å². The quantitative estimate of drug-likeness (QED) is 0.387. The van der Waals surface area contributed by atoms with Crippen LogP contribution in [0, 0.1) is 13.8 Å². The topological polar surface area (TPSA) is 81.8 Å². The zero-order valence-corrected chi connectivity index (χ0v) is 19.8. The molecule has 5 aromatic rings. The zero-order valence-electron chi connectivity index (χ0n) is 19.0. The van der Waals surface area contributed by atoms with Gasteiger partial charge in [-0.15, -0.1) is 11.3 Å². The summed E-state index contributed by atoms with van der Waals surface area (Å²) < 4.78 is 3.25. The molecular weight excluding hydrogens is 446 g/mol. The lowest BCUT2D eigenvalue weighted by atomic mass is 10.1. The van der Waals surface area contributed by atoms with E-state index in [1.54, 1.807) is 17.7 Å². The van der Waals surface area contributed by atoms with Gasteiger partial charge in [0, 0.05) is 22.4 Å². The first-order chi connectivity index (χ1) is 16.4. The average Bonchev–Trinajstić information content (AvgIpc) is 3.45. The van der Waals surface area contributed by atoms with Crippen molar-refractivity contribution in [2.45, 2.75) is 26.8 Å². The van der Waals surface area contributed by atoms with Crippen molar-refractivity contribution in [3.8, 4) is 16.9 Å². The number of aromatic nitrogens is 4. The van der Waals surface area contributed by atoms with Crippen LogP contribution in [0.4, 0.5) is 5.13 Å². The second-order valence-corrected chi connectivity index (χ2v) is 8.99. The highest BCUT2D eigenvalue weighted by molar-refractivity contribution is 7.14. The van der Waals surface area contributed by atoms with E-state index in [0.29, 0.717) is 10.8 Å². The summed E-state index contributed by atoms with van der Waals surface area (Å²) >= 11 is 1.35. The number of benzene rings is 2. The standard InChI is InChI=1S/C26H23N5O2S/c1-16-14-22(32)30(25-23(16)17(2)29-31(25)20-12-8-5-9-13-20)18(3)24(33)28-26-27-21(15-34-26)19-10-6-4-7-11-19/h4-15,18H,1-3H3,(H,27,28,33). The van der Waals surface area contributed by atoms with Gasteiger partial charge in [-0.3, -0.25) is 14.2 Å². The number of pyridine rings is 1. The van der Waals surface area contributed by atoms with E-state index in [9.17, 15) is 9.59 Å². The molecule has 170 valence electrons. The Morgan fingerprint density at radius 1 is 1.03 bits per heavy atom. The Labute approximate surface area is 200 Å². The number of hydrogen-bond donors (Lipinski definition) is 1. The number of anilines is 1. The van der Waals surface area contributed by atoms with E-state index in [0.717, 1.165) is 33.6 Å². The fourth-order valence-corrected chi connectivity index (χ4v) is 4.88. The van der Waals surface area contributed by atoms with Crippen LogP contribution in [0.5, 0.6) is 0 Å². The van der Waals surface area contributed by atoms with Gasteiger partial charge in [0.25, 0.3) is 5.56 Å². The van der Waals surface area contributed by atoms with Crippen molar-refractivity contribution in [2.24, 2.45) is 0 Å². The summed E-state index contributed by atoms with van der Waals surface area (Å²) in [6, 6.07) is 20.2. The number of fused-ring (bicyclic) bond motifs is 1. The molecule has 1 unspecified atom stereocenters. The van der Waals surface area contributed by atoms with E-state index in [-0.39, 0.29) is 11.5 Å². The van der Waals surface area contributed by atoms with Gasteiger partial charge in [-0.2, -0.15) is 5.10 Å². The van der Waals surface area contributed by atoms with Crippen LogP contribution in [-0.2, 0) is 4.79 Å². The van der Waals surface area contributed by atoms with Gasteiger partial charge in [0.1, 0.15) is 11.7 Å². The predicted molar refractivity (Wildman–Crippen MR) is 136 cm³/mol. The first-order valence-corrected chi connectivity index (χ1v) is 11.8. The van der Waals surface area contributed by atoms with Crippen LogP contribution in [0.3, 0.4) is 0 Å². The van der Waals surface area contributed by atoms with Crippen molar-refractivity contribution in [3.05, 3.63) is 93.7 Å². The molecule has 0 radical (unpaired) electrons. The summed E-state index contributed by atoms with van der Waals surface area (Å²) in [6.07, 6.45) is 0. The number of rotatable bonds is 5. The summed E-state index contributed by atoms with van der Waals surface area (Å²) in [5.41, 5.74) is 4.56. The molecule has 7 nitrogen and oxygen atoms in total. The minimum atomic E-state index is -0.779. The maximum atomic E-state index is 13.3. The molecule has 0 aliphatic heterocycles. The smallest absolute Gasteiger partial charge is 0.253 e. The van der Waals surface area contributed by atoms with Crippen LogP contribution in [0.2, 0.25) is 0 Å². The van der Waals surface area contributed by atoms with Crippen LogP contribution < -0.4 is 10.9 Å². The maximum Gasteiger partial charge on any atom is 0.253 e. The van der Waals surface area contributed by atoms with Crippen LogP contribution in [0.25, 0.3) is 28.0 Å². The molecule has 5 rings (SSSR count). The van der Waals surface area contributed by atoms with Gasteiger partial charge >= 0.3 is 0 Å². The maximum absolute atomic E-state index is 13.3. The Morgan fingerprint density at radius 3 is 2.41 bits per heavy atom. The minimum absolute atomic E-state index is 0.256. The van der Waals surface area contributed by atoms with Crippen molar-refractivity contribution in [3.63, 3.8) is 0 Å². The summed E-state index contributed by atoms with van der Waals surface area (Å²) in [4.78, 5) is 31.0. The fraction of sp³-hybridized carbons (Fsp3) is 0.154. The van der Waals surface area contributed by atoms with Gasteiger partial charge in [0.15, 0.2) is 5.13 Å². The van der Waals surface area contributed by atoms with E-state index in [1.807, 2.05) is 79.9 Å². The summed E-state index contributed by atoms with van der Waals surface area (Å²) in [7, 11) is 0. The Balaban J connectivity index is 1.54. The molecule has 0 bridgehead atoms. The molecule has 0 aliphatic rings. The number of amides is 1. The van der Waals surface area contributed by atoms with Crippen LogP contribution in [0.15, 0.2) is 76.9 Å². The second-order valence-electron chi connectivity index (χ2n) is 8.14. The van der Waals surface area contributed by atoms with Crippen molar-refractivity contribution in [2.75, 3.05) is 5.32 Å². The lowest BCUT2D eigenvalue weighted by Crippen LogP contribution is -2.32. The number of nitrogens with one attached hydrogen (secondary N) is 1. The molecule has 3 heterocycles. The molecule has 1 atom stereocenters. The first kappa shape index (κ1) is 21.8. The monoisotopic (exact) mass is 469 g/mol. The molecule has 8 heteroatoms. The Kier molecular flexibility index (Phi) is 5.59.